The van der Waals surface area contributed by atoms with Gasteiger partial charge in [-0.15, -0.1) is 0 Å². The lowest BCUT2D eigenvalue weighted by atomic mass is 10.3. The van der Waals surface area contributed by atoms with Gasteiger partial charge in [-0.05, 0) is 30.3 Å². The third-order valence-corrected chi connectivity index (χ3v) is 2.96. The Bertz CT molecular complexity index is 635. The monoisotopic (exact) mass is 310 g/mol. The van der Waals surface area contributed by atoms with Crippen molar-refractivity contribution in [2.75, 3.05) is 18.5 Å². The van der Waals surface area contributed by atoms with Crippen molar-refractivity contribution in [3.63, 3.8) is 0 Å². The number of hydrogen-bond donors (Lipinski definition) is 1. The molecule has 5 nitrogen and oxygen atoms in total. The second kappa shape index (κ2) is 6.90. The maximum Gasteiger partial charge on any atom is 0.269 e. The highest BCUT2D eigenvalue weighted by molar-refractivity contribution is 6.31. The molecule has 0 unspecified atom stereocenters. The normalized spacial score (nSPS) is 10.2. The summed E-state index contributed by atoms with van der Waals surface area (Å²) in [6.45, 7) is 0.839. The largest absolute Gasteiger partial charge is 0.492 e. The molecule has 21 heavy (non-hydrogen) atoms. The Morgan fingerprint density at radius 1 is 1.24 bits per heavy atom. The summed E-state index contributed by atoms with van der Waals surface area (Å²) in [7, 11) is 0. The summed E-state index contributed by atoms with van der Waals surface area (Å²) in [5, 5.41) is 13.6. The molecule has 0 saturated carbocycles. The minimum Gasteiger partial charge on any atom is -0.492 e. The number of ether oxygens (including phenoxy) is 1. The van der Waals surface area contributed by atoms with Crippen molar-refractivity contribution in [1.82, 2.24) is 0 Å². The molecule has 2 aromatic rings. The van der Waals surface area contributed by atoms with Crippen LogP contribution in [0, 0.1) is 15.9 Å². The average Bonchev–Trinajstić information content (AvgIpc) is 2.47. The summed E-state index contributed by atoms with van der Waals surface area (Å²) >= 11 is 5.66. The van der Waals surface area contributed by atoms with Crippen molar-refractivity contribution >= 4 is 23.0 Å². The number of nitro groups is 1. The Balaban J connectivity index is 1.79. The quantitative estimate of drug-likeness (QED) is 0.499. The lowest BCUT2D eigenvalue weighted by molar-refractivity contribution is -0.384. The van der Waals surface area contributed by atoms with Crippen LogP contribution in [0.4, 0.5) is 15.8 Å². The number of benzene rings is 2. The highest BCUT2D eigenvalue weighted by Crippen LogP contribution is 2.19. The lowest BCUT2D eigenvalue weighted by Gasteiger charge is -2.09. The molecule has 0 aliphatic rings. The van der Waals surface area contributed by atoms with Gasteiger partial charge in [0.05, 0.1) is 9.95 Å². The topological polar surface area (TPSA) is 64.4 Å². The zero-order chi connectivity index (χ0) is 15.2. The van der Waals surface area contributed by atoms with E-state index in [-0.39, 0.29) is 10.7 Å². The lowest BCUT2D eigenvalue weighted by Crippen LogP contribution is -2.11. The maximum absolute atomic E-state index is 13.0. The standard InChI is InChI=1S/C14H12ClFN2O3/c15-13-9-10(1-6-14(13)16)17-7-8-21-12-4-2-11(3-5-12)18(19)20/h1-6,9,17H,7-8H2. The molecule has 1 N–H and O–H groups in total. The second-order valence-electron chi connectivity index (χ2n) is 4.16. The predicted octanol–water partition coefficient (Wildman–Crippen LogP) is 3.88. The van der Waals surface area contributed by atoms with Crippen LogP contribution >= 0.6 is 11.6 Å². The van der Waals surface area contributed by atoms with Crippen molar-refractivity contribution in [2.24, 2.45) is 0 Å². The Morgan fingerprint density at radius 2 is 1.95 bits per heavy atom. The SMILES string of the molecule is O=[N+]([O-])c1ccc(OCCNc2ccc(F)c(Cl)c2)cc1. The zero-order valence-corrected chi connectivity index (χ0v) is 11.6. The van der Waals surface area contributed by atoms with E-state index in [1.807, 2.05) is 0 Å². The van der Waals surface area contributed by atoms with E-state index in [1.54, 1.807) is 6.07 Å². The highest BCUT2D eigenvalue weighted by atomic mass is 35.5. The average molecular weight is 311 g/mol. The van der Waals surface area contributed by atoms with Gasteiger partial charge in [-0.25, -0.2) is 4.39 Å². The maximum atomic E-state index is 13.0. The van der Waals surface area contributed by atoms with Gasteiger partial charge in [-0.2, -0.15) is 0 Å². The van der Waals surface area contributed by atoms with Gasteiger partial charge in [0.25, 0.3) is 5.69 Å². The van der Waals surface area contributed by atoms with E-state index in [0.29, 0.717) is 24.6 Å². The Labute approximate surface area is 125 Å². The van der Waals surface area contributed by atoms with E-state index in [1.165, 1.54) is 36.4 Å². The fourth-order valence-electron chi connectivity index (χ4n) is 1.63. The molecule has 0 fully saturated rings. The van der Waals surface area contributed by atoms with Gasteiger partial charge in [0, 0.05) is 24.4 Å². The number of halogens is 2. The molecule has 2 aromatic carbocycles. The fourth-order valence-corrected chi connectivity index (χ4v) is 1.81. The van der Waals surface area contributed by atoms with Gasteiger partial charge in [0.2, 0.25) is 0 Å². The van der Waals surface area contributed by atoms with Crippen LogP contribution in [0.2, 0.25) is 5.02 Å². The molecule has 0 heterocycles. The number of non-ortho nitro benzene ring substituents is 1. The first-order valence-electron chi connectivity index (χ1n) is 6.12. The van der Waals surface area contributed by atoms with Gasteiger partial charge < -0.3 is 10.1 Å². The number of nitrogens with zero attached hydrogens (tertiary/aromatic N) is 1. The van der Waals surface area contributed by atoms with Crippen LogP contribution in [-0.4, -0.2) is 18.1 Å². The van der Waals surface area contributed by atoms with Gasteiger partial charge in [0.15, 0.2) is 0 Å². The van der Waals surface area contributed by atoms with Crippen molar-refractivity contribution in [2.45, 2.75) is 0 Å². The first-order valence-corrected chi connectivity index (χ1v) is 6.50. The summed E-state index contributed by atoms with van der Waals surface area (Å²) in [6, 6.07) is 10.2. The minimum absolute atomic E-state index is 0.0152. The number of rotatable bonds is 6. The summed E-state index contributed by atoms with van der Waals surface area (Å²) < 4.78 is 18.4. The van der Waals surface area contributed by atoms with E-state index in [2.05, 4.69) is 5.32 Å². The van der Waals surface area contributed by atoms with Crippen LogP contribution in [0.1, 0.15) is 0 Å². The Hall–Kier alpha value is -2.34. The van der Waals surface area contributed by atoms with Crippen molar-refractivity contribution in [1.29, 1.82) is 0 Å². The molecule has 0 aliphatic heterocycles. The molecule has 110 valence electrons. The van der Waals surface area contributed by atoms with Crippen LogP contribution < -0.4 is 10.1 Å². The third-order valence-electron chi connectivity index (χ3n) is 2.67. The molecule has 0 aliphatic carbocycles. The molecular weight excluding hydrogens is 299 g/mol. The zero-order valence-electron chi connectivity index (χ0n) is 10.9. The third kappa shape index (κ3) is 4.32. The van der Waals surface area contributed by atoms with Gasteiger partial charge in [0.1, 0.15) is 18.2 Å². The molecule has 0 saturated heterocycles. The molecule has 0 radical (unpaired) electrons. The van der Waals surface area contributed by atoms with E-state index >= 15 is 0 Å². The van der Waals surface area contributed by atoms with Crippen LogP contribution in [0.25, 0.3) is 0 Å². The molecule has 7 heteroatoms. The van der Waals surface area contributed by atoms with E-state index in [0.717, 1.165) is 0 Å². The first-order chi connectivity index (χ1) is 10.1. The van der Waals surface area contributed by atoms with Crippen LogP contribution in [-0.2, 0) is 0 Å². The number of nitro benzene ring substituents is 1. The Morgan fingerprint density at radius 3 is 2.57 bits per heavy atom. The smallest absolute Gasteiger partial charge is 0.269 e. The van der Waals surface area contributed by atoms with Crippen molar-refractivity contribution in [3.8, 4) is 5.75 Å². The summed E-state index contributed by atoms with van der Waals surface area (Å²) in [5.41, 5.74) is 0.704. The van der Waals surface area contributed by atoms with Crippen LogP contribution in [0.15, 0.2) is 42.5 Å². The molecule has 2 rings (SSSR count). The van der Waals surface area contributed by atoms with Crippen LogP contribution in [0.3, 0.4) is 0 Å². The van der Waals surface area contributed by atoms with E-state index < -0.39 is 10.7 Å². The number of anilines is 1. The van der Waals surface area contributed by atoms with E-state index in [4.69, 9.17) is 16.3 Å². The predicted molar refractivity (Wildman–Crippen MR) is 78.5 cm³/mol. The van der Waals surface area contributed by atoms with Crippen molar-refractivity contribution in [3.05, 3.63) is 63.4 Å². The van der Waals surface area contributed by atoms with Gasteiger partial charge in [-0.1, -0.05) is 11.6 Å². The molecule has 0 amide bonds. The number of nitrogens with one attached hydrogen (secondary N) is 1. The first kappa shape index (κ1) is 15.1. The summed E-state index contributed by atoms with van der Waals surface area (Å²) in [4.78, 5) is 10.0. The van der Waals surface area contributed by atoms with Gasteiger partial charge in [-0.3, -0.25) is 10.1 Å². The Kier molecular flexibility index (Phi) is 4.94. The second-order valence-corrected chi connectivity index (χ2v) is 4.56. The molecule has 0 atom stereocenters. The number of hydrogen-bond acceptors (Lipinski definition) is 4. The summed E-state index contributed by atoms with van der Waals surface area (Å²) in [5.74, 6) is 0.0730. The summed E-state index contributed by atoms with van der Waals surface area (Å²) in [6.07, 6.45) is 0. The molecule has 0 spiro atoms. The van der Waals surface area contributed by atoms with Gasteiger partial charge >= 0.3 is 0 Å². The van der Waals surface area contributed by atoms with Crippen LogP contribution in [0.5, 0.6) is 5.75 Å². The van der Waals surface area contributed by atoms with E-state index in [9.17, 15) is 14.5 Å². The minimum atomic E-state index is -0.469. The highest BCUT2D eigenvalue weighted by Gasteiger charge is 2.04. The van der Waals surface area contributed by atoms with Crippen molar-refractivity contribution < 1.29 is 14.1 Å². The molecular formula is C14H12ClFN2O3. The molecule has 0 bridgehead atoms. The molecule has 0 aromatic heterocycles. The fraction of sp³-hybridized carbons (Fsp3) is 0.143.